The molecule has 0 aliphatic carbocycles. The van der Waals surface area contributed by atoms with Crippen LogP contribution >= 0.6 is 0 Å². The van der Waals surface area contributed by atoms with Gasteiger partial charge in [0.25, 0.3) is 0 Å². The normalized spacial score (nSPS) is 10.3. The molecule has 1 heterocycles. The number of carbonyl (C=O) groups is 2. The average molecular weight is 249 g/mol. The fourth-order valence-electron chi connectivity index (χ4n) is 1.35. The van der Waals surface area contributed by atoms with Crippen molar-refractivity contribution in [1.29, 1.82) is 0 Å². The number of carbonyl (C=O) groups excluding carboxylic acids is 1. The third kappa shape index (κ3) is 2.57. The fraction of sp³-hybridized carbons (Fsp3) is 0.0909. The molecular formula is C11H8FN3O3. The third-order valence-corrected chi connectivity index (χ3v) is 2.23. The molecule has 0 spiro atoms. The Morgan fingerprint density at radius 2 is 1.94 bits per heavy atom. The van der Waals surface area contributed by atoms with Crippen LogP contribution in [0.5, 0.6) is 0 Å². The molecule has 0 atom stereocenters. The topological polar surface area (TPSA) is 85.1 Å². The molecule has 0 unspecified atom stereocenters. The maximum atomic E-state index is 12.7. The summed E-state index contributed by atoms with van der Waals surface area (Å²) in [6.45, 7) is -0.147. The van der Waals surface area contributed by atoms with E-state index >= 15 is 0 Å². The van der Waals surface area contributed by atoms with Gasteiger partial charge < -0.3 is 5.11 Å². The zero-order valence-electron chi connectivity index (χ0n) is 9.08. The highest BCUT2D eigenvalue weighted by Crippen LogP contribution is 2.05. The molecule has 6 nitrogen and oxygen atoms in total. The quantitative estimate of drug-likeness (QED) is 0.817. The summed E-state index contributed by atoms with van der Waals surface area (Å²) in [5, 5.41) is 15.5. The fourth-order valence-corrected chi connectivity index (χ4v) is 1.35. The number of carboxylic acids is 1. The summed E-state index contributed by atoms with van der Waals surface area (Å²) < 4.78 is 13.8. The highest BCUT2D eigenvalue weighted by atomic mass is 19.1. The van der Waals surface area contributed by atoms with E-state index in [2.05, 4.69) is 10.3 Å². The molecule has 2 aromatic rings. The largest absolute Gasteiger partial charge is 0.476 e. The van der Waals surface area contributed by atoms with Gasteiger partial charge in [0.2, 0.25) is 0 Å². The lowest BCUT2D eigenvalue weighted by Crippen LogP contribution is -2.11. The molecule has 92 valence electrons. The van der Waals surface area contributed by atoms with Gasteiger partial charge in [0, 0.05) is 5.56 Å². The van der Waals surface area contributed by atoms with E-state index in [4.69, 9.17) is 5.11 Å². The molecule has 1 aromatic heterocycles. The SMILES string of the molecule is O=C(Cn1cc(C(=O)O)nn1)c1ccc(F)cc1. The standard InChI is InChI=1S/C11H8FN3O3/c12-8-3-1-7(2-4-8)10(16)6-15-5-9(11(17)18)13-14-15/h1-5H,6H2,(H,17,18). The van der Waals surface area contributed by atoms with E-state index in [1.54, 1.807) is 0 Å². The van der Waals surface area contributed by atoms with Gasteiger partial charge in [-0.15, -0.1) is 5.10 Å². The number of ketones is 1. The van der Waals surface area contributed by atoms with Gasteiger partial charge >= 0.3 is 5.97 Å². The maximum absolute atomic E-state index is 12.7. The smallest absolute Gasteiger partial charge is 0.358 e. The third-order valence-electron chi connectivity index (χ3n) is 2.23. The van der Waals surface area contributed by atoms with E-state index in [-0.39, 0.29) is 18.0 Å². The number of nitrogens with zero attached hydrogens (tertiary/aromatic N) is 3. The first-order valence-corrected chi connectivity index (χ1v) is 4.98. The van der Waals surface area contributed by atoms with Crippen molar-refractivity contribution in [2.75, 3.05) is 0 Å². The minimum atomic E-state index is -1.21. The second-order valence-corrected chi connectivity index (χ2v) is 3.54. The number of carboxylic acid groups (broad SMARTS) is 1. The van der Waals surface area contributed by atoms with Crippen LogP contribution in [-0.2, 0) is 6.54 Å². The Bertz CT molecular complexity index is 592. The number of hydrogen-bond acceptors (Lipinski definition) is 4. The Balaban J connectivity index is 2.11. The minimum Gasteiger partial charge on any atom is -0.476 e. The number of aromatic nitrogens is 3. The summed E-state index contributed by atoms with van der Waals surface area (Å²) in [5.74, 6) is -1.95. The van der Waals surface area contributed by atoms with Gasteiger partial charge in [-0.3, -0.25) is 4.79 Å². The van der Waals surface area contributed by atoms with Crippen LogP contribution in [0.25, 0.3) is 0 Å². The molecule has 1 N–H and O–H groups in total. The van der Waals surface area contributed by atoms with Gasteiger partial charge in [-0.1, -0.05) is 5.21 Å². The molecular weight excluding hydrogens is 241 g/mol. The van der Waals surface area contributed by atoms with Gasteiger partial charge in [-0.25, -0.2) is 13.9 Å². The molecule has 0 saturated heterocycles. The maximum Gasteiger partial charge on any atom is 0.358 e. The molecule has 0 amide bonds. The predicted octanol–water partition coefficient (Wildman–Crippen LogP) is 0.998. The Kier molecular flexibility index (Phi) is 3.13. The first kappa shape index (κ1) is 11.9. The molecule has 2 rings (SSSR count). The minimum absolute atomic E-state index is 0.147. The Labute approximate surface area is 101 Å². The summed E-state index contributed by atoms with van der Waals surface area (Å²) in [6, 6.07) is 5.06. The summed E-state index contributed by atoms with van der Waals surface area (Å²) in [6.07, 6.45) is 1.16. The van der Waals surface area contributed by atoms with Crippen molar-refractivity contribution < 1.29 is 19.1 Å². The Morgan fingerprint density at radius 3 is 2.50 bits per heavy atom. The Hall–Kier alpha value is -2.57. The molecule has 7 heteroatoms. The predicted molar refractivity (Wildman–Crippen MR) is 57.7 cm³/mol. The van der Waals surface area contributed by atoms with E-state index in [0.29, 0.717) is 5.56 Å². The second kappa shape index (κ2) is 4.74. The van der Waals surface area contributed by atoms with Crippen LogP contribution in [0.15, 0.2) is 30.5 Å². The highest BCUT2D eigenvalue weighted by molar-refractivity contribution is 5.95. The van der Waals surface area contributed by atoms with E-state index in [1.807, 2.05) is 0 Å². The number of hydrogen-bond donors (Lipinski definition) is 1. The van der Waals surface area contributed by atoms with Gasteiger partial charge in [0.15, 0.2) is 11.5 Å². The first-order valence-electron chi connectivity index (χ1n) is 4.98. The first-order chi connectivity index (χ1) is 8.56. The zero-order chi connectivity index (χ0) is 13.1. The van der Waals surface area contributed by atoms with E-state index in [1.165, 1.54) is 24.3 Å². The molecule has 18 heavy (non-hydrogen) atoms. The molecule has 0 aliphatic rings. The van der Waals surface area contributed by atoms with Crippen LogP contribution in [0.1, 0.15) is 20.8 Å². The second-order valence-electron chi connectivity index (χ2n) is 3.54. The molecule has 0 fully saturated rings. The van der Waals surface area contributed by atoms with Gasteiger partial charge in [-0.2, -0.15) is 0 Å². The number of rotatable bonds is 4. The van der Waals surface area contributed by atoms with E-state index in [9.17, 15) is 14.0 Å². The van der Waals surface area contributed by atoms with Crippen LogP contribution in [0.2, 0.25) is 0 Å². The number of aromatic carboxylic acids is 1. The van der Waals surface area contributed by atoms with Gasteiger partial charge in [0.05, 0.1) is 6.20 Å². The lowest BCUT2D eigenvalue weighted by Gasteiger charge is -2.00. The molecule has 0 bridgehead atoms. The number of halogens is 1. The van der Waals surface area contributed by atoms with Crippen LogP contribution in [0.3, 0.4) is 0 Å². The van der Waals surface area contributed by atoms with Crippen molar-refractivity contribution in [2.24, 2.45) is 0 Å². The highest BCUT2D eigenvalue weighted by Gasteiger charge is 2.11. The Morgan fingerprint density at radius 1 is 1.28 bits per heavy atom. The van der Waals surface area contributed by atoms with Crippen molar-refractivity contribution in [3.05, 3.63) is 47.5 Å². The summed E-state index contributed by atoms with van der Waals surface area (Å²) in [5.41, 5.74) is 0.0886. The monoisotopic (exact) mass is 249 g/mol. The lowest BCUT2D eigenvalue weighted by atomic mass is 10.1. The number of benzene rings is 1. The van der Waals surface area contributed by atoms with Crippen LogP contribution < -0.4 is 0 Å². The van der Waals surface area contributed by atoms with Crippen molar-refractivity contribution in [1.82, 2.24) is 15.0 Å². The summed E-state index contributed by atoms with van der Waals surface area (Å²) >= 11 is 0. The van der Waals surface area contributed by atoms with Crippen molar-refractivity contribution in [2.45, 2.75) is 6.54 Å². The van der Waals surface area contributed by atoms with Crippen molar-refractivity contribution >= 4 is 11.8 Å². The van der Waals surface area contributed by atoms with Crippen LogP contribution in [0.4, 0.5) is 4.39 Å². The molecule has 1 aromatic carbocycles. The molecule has 0 aliphatic heterocycles. The summed E-state index contributed by atoms with van der Waals surface area (Å²) in [7, 11) is 0. The van der Waals surface area contributed by atoms with Crippen LogP contribution in [-0.4, -0.2) is 31.9 Å². The molecule has 0 radical (unpaired) electrons. The van der Waals surface area contributed by atoms with E-state index in [0.717, 1.165) is 10.9 Å². The molecule has 0 saturated carbocycles. The van der Waals surface area contributed by atoms with Crippen molar-refractivity contribution in [3.63, 3.8) is 0 Å². The number of Topliss-reactive ketones (excluding diaryl/α,β-unsaturated/α-hetero) is 1. The van der Waals surface area contributed by atoms with Crippen LogP contribution in [0, 0.1) is 5.82 Å². The zero-order valence-corrected chi connectivity index (χ0v) is 9.08. The van der Waals surface area contributed by atoms with Gasteiger partial charge in [0.1, 0.15) is 12.4 Å². The average Bonchev–Trinajstić information content (AvgIpc) is 2.78. The van der Waals surface area contributed by atoms with E-state index < -0.39 is 11.8 Å². The van der Waals surface area contributed by atoms with Gasteiger partial charge in [-0.05, 0) is 24.3 Å². The lowest BCUT2D eigenvalue weighted by molar-refractivity contribution is 0.0690. The van der Waals surface area contributed by atoms with Crippen molar-refractivity contribution in [3.8, 4) is 0 Å². The summed E-state index contributed by atoms with van der Waals surface area (Å²) in [4.78, 5) is 22.3.